The molecule has 8 heteroatoms. The van der Waals surface area contributed by atoms with Crippen LogP contribution in [0.1, 0.15) is 36.8 Å². The van der Waals surface area contributed by atoms with Gasteiger partial charge in [-0.05, 0) is 43.7 Å². The van der Waals surface area contributed by atoms with Gasteiger partial charge in [-0.1, -0.05) is 0 Å². The minimum atomic E-state index is -0.268. The van der Waals surface area contributed by atoms with Crippen molar-refractivity contribution in [2.24, 2.45) is 0 Å². The maximum Gasteiger partial charge on any atom is 0.224 e. The third kappa shape index (κ3) is 5.63. The van der Waals surface area contributed by atoms with Crippen LogP contribution >= 0.6 is 0 Å². The van der Waals surface area contributed by atoms with Crippen LogP contribution < -0.4 is 15.5 Å². The molecule has 2 heterocycles. The Labute approximate surface area is 171 Å². The number of hydrogen-bond donors (Lipinski definition) is 2. The van der Waals surface area contributed by atoms with Crippen molar-refractivity contribution in [2.75, 3.05) is 44.4 Å². The molecule has 1 aromatic carbocycles. The summed E-state index contributed by atoms with van der Waals surface area (Å²) >= 11 is 0. The van der Waals surface area contributed by atoms with Crippen LogP contribution in [0.2, 0.25) is 0 Å². The first-order valence-corrected chi connectivity index (χ1v) is 9.96. The van der Waals surface area contributed by atoms with Crippen molar-refractivity contribution in [1.82, 2.24) is 20.2 Å². The van der Waals surface area contributed by atoms with E-state index in [4.69, 9.17) is 0 Å². The number of halogens is 1. The van der Waals surface area contributed by atoms with Crippen molar-refractivity contribution >= 4 is 17.4 Å². The third-order valence-corrected chi connectivity index (χ3v) is 5.18. The summed E-state index contributed by atoms with van der Waals surface area (Å²) in [5.41, 5.74) is 1.70. The Morgan fingerprint density at radius 3 is 2.69 bits per heavy atom. The number of amides is 1. The Hall–Kier alpha value is -2.74. The molecule has 1 aliphatic heterocycles. The summed E-state index contributed by atoms with van der Waals surface area (Å²) in [5, 5.41) is 6.50. The molecular weight excluding hydrogens is 371 g/mol. The van der Waals surface area contributed by atoms with E-state index >= 15 is 0 Å². The van der Waals surface area contributed by atoms with Crippen LogP contribution in [0.15, 0.2) is 30.3 Å². The summed E-state index contributed by atoms with van der Waals surface area (Å²) in [6, 6.07) is 8.32. The minimum Gasteiger partial charge on any atom is -0.374 e. The number of anilines is 2. The predicted molar refractivity (Wildman–Crippen MR) is 112 cm³/mol. The smallest absolute Gasteiger partial charge is 0.224 e. The van der Waals surface area contributed by atoms with Gasteiger partial charge in [-0.3, -0.25) is 4.79 Å². The number of carbonyl (C=O) groups excluding carboxylic acids is 1. The highest BCUT2D eigenvalue weighted by Gasteiger charge is 2.21. The fraction of sp³-hybridized carbons (Fsp3) is 0.476. The Morgan fingerprint density at radius 2 is 2.03 bits per heavy atom. The molecule has 156 valence electrons. The van der Waals surface area contributed by atoms with Gasteiger partial charge in [0.25, 0.3) is 0 Å². The van der Waals surface area contributed by atoms with E-state index in [1.54, 1.807) is 24.1 Å². The molecule has 2 aromatic rings. The monoisotopic (exact) mass is 400 g/mol. The molecule has 2 N–H and O–H groups in total. The topological polar surface area (TPSA) is 73.4 Å². The maximum atomic E-state index is 13.1. The number of nitrogens with zero attached hydrogens (tertiary/aromatic N) is 4. The van der Waals surface area contributed by atoms with Gasteiger partial charge >= 0.3 is 0 Å². The van der Waals surface area contributed by atoms with E-state index in [2.05, 4.69) is 20.6 Å². The van der Waals surface area contributed by atoms with Gasteiger partial charge in [0.1, 0.15) is 17.5 Å². The Kier molecular flexibility index (Phi) is 6.98. The molecular formula is C21H29FN6O. The predicted octanol–water partition coefficient (Wildman–Crippen LogP) is 2.57. The van der Waals surface area contributed by atoms with Gasteiger partial charge in [-0.2, -0.15) is 0 Å². The first-order chi connectivity index (χ1) is 14.0. The van der Waals surface area contributed by atoms with Crippen LogP contribution in [0.3, 0.4) is 0 Å². The molecule has 1 saturated heterocycles. The highest BCUT2D eigenvalue weighted by Crippen LogP contribution is 2.22. The molecule has 1 atom stereocenters. The van der Waals surface area contributed by atoms with Gasteiger partial charge in [-0.15, -0.1) is 0 Å². The first-order valence-electron chi connectivity index (χ1n) is 9.96. The van der Waals surface area contributed by atoms with Gasteiger partial charge in [0.05, 0.1) is 18.3 Å². The van der Waals surface area contributed by atoms with Crippen molar-refractivity contribution in [3.8, 4) is 0 Å². The minimum absolute atomic E-state index is 0.0316. The second-order valence-corrected chi connectivity index (χ2v) is 7.40. The molecule has 0 bridgehead atoms. The number of benzene rings is 1. The molecule has 3 rings (SSSR count). The van der Waals surface area contributed by atoms with E-state index in [-0.39, 0.29) is 17.8 Å². The van der Waals surface area contributed by atoms with Crippen LogP contribution in [0.4, 0.5) is 15.9 Å². The lowest BCUT2D eigenvalue weighted by atomic mass is 10.2. The zero-order chi connectivity index (χ0) is 20.8. The van der Waals surface area contributed by atoms with E-state index in [1.807, 2.05) is 25.1 Å². The molecule has 1 amide bonds. The molecule has 0 saturated carbocycles. The SMILES string of the molecule is CNc1cc(CN(C)C(=O)CCN(C)c2ccc(F)cc2)nc(C2CCCN2)n1. The third-order valence-electron chi connectivity index (χ3n) is 5.18. The number of rotatable bonds is 8. The normalized spacial score (nSPS) is 15.9. The average Bonchev–Trinajstić information content (AvgIpc) is 3.27. The fourth-order valence-electron chi connectivity index (χ4n) is 3.40. The van der Waals surface area contributed by atoms with E-state index < -0.39 is 0 Å². The molecule has 0 spiro atoms. The van der Waals surface area contributed by atoms with E-state index in [0.717, 1.165) is 42.4 Å². The lowest BCUT2D eigenvalue weighted by molar-refractivity contribution is -0.130. The lowest BCUT2D eigenvalue weighted by Crippen LogP contribution is -2.31. The zero-order valence-corrected chi connectivity index (χ0v) is 17.3. The number of aromatic nitrogens is 2. The van der Waals surface area contributed by atoms with Crippen molar-refractivity contribution < 1.29 is 9.18 Å². The van der Waals surface area contributed by atoms with Crippen LogP contribution in [-0.4, -0.2) is 55.0 Å². The standard InChI is InChI=1S/C21H29FN6O/c1-23-19-13-16(25-21(26-19)18-5-4-11-24-18)14-28(3)20(29)10-12-27(2)17-8-6-15(22)7-9-17/h6-9,13,18,24H,4-5,10-12,14H2,1-3H3,(H,23,25,26). The lowest BCUT2D eigenvalue weighted by Gasteiger charge is -2.22. The largest absolute Gasteiger partial charge is 0.374 e. The van der Waals surface area contributed by atoms with E-state index in [9.17, 15) is 9.18 Å². The summed E-state index contributed by atoms with van der Waals surface area (Å²) in [7, 11) is 5.51. The summed E-state index contributed by atoms with van der Waals surface area (Å²) in [4.78, 5) is 25.5. The van der Waals surface area contributed by atoms with Crippen LogP contribution in [-0.2, 0) is 11.3 Å². The second-order valence-electron chi connectivity index (χ2n) is 7.40. The molecule has 1 fully saturated rings. The van der Waals surface area contributed by atoms with E-state index in [1.165, 1.54) is 12.1 Å². The maximum absolute atomic E-state index is 13.1. The van der Waals surface area contributed by atoms with Crippen molar-refractivity contribution in [3.05, 3.63) is 47.7 Å². The molecule has 1 unspecified atom stereocenters. The summed E-state index contributed by atoms with van der Waals surface area (Å²) in [6.07, 6.45) is 2.51. The first kappa shape index (κ1) is 21.0. The fourth-order valence-corrected chi connectivity index (χ4v) is 3.40. The second kappa shape index (κ2) is 9.65. The quantitative estimate of drug-likeness (QED) is 0.710. The van der Waals surface area contributed by atoms with E-state index in [0.29, 0.717) is 19.5 Å². The van der Waals surface area contributed by atoms with Crippen molar-refractivity contribution in [1.29, 1.82) is 0 Å². The number of hydrogen-bond acceptors (Lipinski definition) is 6. The highest BCUT2D eigenvalue weighted by atomic mass is 19.1. The van der Waals surface area contributed by atoms with Gasteiger partial charge in [0, 0.05) is 45.9 Å². The zero-order valence-electron chi connectivity index (χ0n) is 17.3. The molecule has 1 aromatic heterocycles. The average molecular weight is 401 g/mol. The van der Waals surface area contributed by atoms with Crippen LogP contribution in [0, 0.1) is 5.82 Å². The number of nitrogens with one attached hydrogen (secondary N) is 2. The molecule has 0 aliphatic carbocycles. The van der Waals surface area contributed by atoms with Crippen LogP contribution in [0.25, 0.3) is 0 Å². The van der Waals surface area contributed by atoms with Gasteiger partial charge < -0.3 is 20.4 Å². The molecule has 0 radical (unpaired) electrons. The van der Waals surface area contributed by atoms with Crippen LogP contribution in [0.5, 0.6) is 0 Å². The summed E-state index contributed by atoms with van der Waals surface area (Å²) in [5.74, 6) is 1.30. The Bertz CT molecular complexity index is 822. The summed E-state index contributed by atoms with van der Waals surface area (Å²) < 4.78 is 13.1. The van der Waals surface area contributed by atoms with Crippen molar-refractivity contribution in [2.45, 2.75) is 31.8 Å². The van der Waals surface area contributed by atoms with Gasteiger partial charge in [-0.25, -0.2) is 14.4 Å². The molecule has 7 nitrogen and oxygen atoms in total. The van der Waals surface area contributed by atoms with Gasteiger partial charge in [0.2, 0.25) is 5.91 Å². The molecule has 29 heavy (non-hydrogen) atoms. The van der Waals surface area contributed by atoms with Crippen molar-refractivity contribution in [3.63, 3.8) is 0 Å². The molecule has 1 aliphatic rings. The number of carbonyl (C=O) groups is 1. The highest BCUT2D eigenvalue weighted by molar-refractivity contribution is 5.76. The summed E-state index contributed by atoms with van der Waals surface area (Å²) in [6.45, 7) is 1.96. The van der Waals surface area contributed by atoms with Gasteiger partial charge in [0.15, 0.2) is 0 Å². The Balaban J connectivity index is 1.58. The Morgan fingerprint density at radius 1 is 1.28 bits per heavy atom.